The van der Waals surface area contributed by atoms with Crippen molar-refractivity contribution < 1.29 is 0 Å². The van der Waals surface area contributed by atoms with Crippen molar-refractivity contribution in [2.45, 2.75) is 13.8 Å². The summed E-state index contributed by atoms with van der Waals surface area (Å²) in [6.45, 7) is 6.94. The maximum atomic E-state index is 4.39. The van der Waals surface area contributed by atoms with Crippen molar-refractivity contribution in [2.75, 3.05) is 5.75 Å². The molecule has 0 aliphatic rings. The fraction of sp³-hybridized carbons (Fsp3) is 0.750. The van der Waals surface area contributed by atoms with Gasteiger partial charge in [0.1, 0.15) is 0 Å². The molecule has 0 amide bonds. The van der Waals surface area contributed by atoms with E-state index in [-0.39, 0.29) is 48.9 Å². The van der Waals surface area contributed by atoms with Crippen LogP contribution in [0.5, 0.6) is 0 Å². The summed E-state index contributed by atoms with van der Waals surface area (Å²) in [4.78, 5) is 0. The fourth-order valence-electron chi connectivity index (χ4n) is 0. The maximum absolute atomic E-state index is 4.39. The molecule has 0 fully saturated rings. The van der Waals surface area contributed by atoms with E-state index in [9.17, 15) is 0 Å². The molecule has 0 heterocycles. The van der Waals surface area contributed by atoms with E-state index >= 15 is 0 Å². The molecule has 0 aromatic rings. The van der Waals surface area contributed by atoms with Gasteiger partial charge >= 0.3 is 48.9 Å². The van der Waals surface area contributed by atoms with Gasteiger partial charge in [0, 0.05) is 0 Å². The molecule has 0 radical (unpaired) electrons. The zero-order valence-electron chi connectivity index (χ0n) is 4.53. The SMILES string of the molecule is CC[S-].[Ba+2].[CH2-]C. The van der Waals surface area contributed by atoms with Gasteiger partial charge in [-0.1, -0.05) is 6.92 Å². The number of hydrogen-bond acceptors (Lipinski definition) is 1. The summed E-state index contributed by atoms with van der Waals surface area (Å²) >= 11 is 4.39. The first kappa shape index (κ1) is 15.7. The second-order valence-electron chi connectivity index (χ2n) is 0.289. The molecule has 34 valence electrons. The topological polar surface area (TPSA) is 0 Å². The minimum absolute atomic E-state index is 0. The predicted molar refractivity (Wildman–Crippen MR) is 34.7 cm³/mol. The summed E-state index contributed by atoms with van der Waals surface area (Å²) in [5, 5.41) is 0. The average molecular weight is 228 g/mol. The quantitative estimate of drug-likeness (QED) is 0.338. The van der Waals surface area contributed by atoms with Gasteiger partial charge in [-0.05, 0) is 0 Å². The van der Waals surface area contributed by atoms with E-state index < -0.39 is 0 Å². The minimum atomic E-state index is 0. The standard InChI is InChI=1S/C2H6S.C2H5.Ba/c1-2-3;1-2;/h3H,2H2,1H3;1H2,2H3;/q;-1;+2/p-1. The van der Waals surface area contributed by atoms with E-state index in [1.807, 2.05) is 6.92 Å². The van der Waals surface area contributed by atoms with Crippen LogP contribution in [0, 0.1) is 6.92 Å². The van der Waals surface area contributed by atoms with Gasteiger partial charge in [0.05, 0.1) is 0 Å². The molecular weight excluding hydrogens is 217 g/mol. The third-order valence-corrected chi connectivity index (χ3v) is 0. The number of rotatable bonds is 0. The molecular formula is C4H10BaS. The predicted octanol–water partition coefficient (Wildman–Crippen LogP) is 1.01. The summed E-state index contributed by atoms with van der Waals surface area (Å²) in [7, 11) is 0. The van der Waals surface area contributed by atoms with Gasteiger partial charge in [-0.2, -0.15) is 12.7 Å². The van der Waals surface area contributed by atoms with Crippen LogP contribution in [0.15, 0.2) is 0 Å². The Morgan fingerprint density at radius 1 is 1.50 bits per heavy atom. The first-order valence-corrected chi connectivity index (χ1v) is 2.28. The summed E-state index contributed by atoms with van der Waals surface area (Å²) in [6.07, 6.45) is 0. The molecule has 6 heavy (non-hydrogen) atoms. The van der Waals surface area contributed by atoms with Crippen LogP contribution in [-0.4, -0.2) is 54.6 Å². The molecule has 0 aliphatic carbocycles. The van der Waals surface area contributed by atoms with E-state index in [0.29, 0.717) is 0 Å². The molecule has 0 bridgehead atoms. The molecule has 2 heteroatoms. The normalized spacial score (nSPS) is 4.00. The van der Waals surface area contributed by atoms with Crippen molar-refractivity contribution in [3.8, 4) is 0 Å². The molecule has 0 nitrogen and oxygen atoms in total. The largest absolute Gasteiger partial charge is 2.00 e. The third-order valence-electron chi connectivity index (χ3n) is 0. The second kappa shape index (κ2) is 28.4. The number of hydrogen-bond donors (Lipinski definition) is 0. The van der Waals surface area contributed by atoms with E-state index in [4.69, 9.17) is 0 Å². The summed E-state index contributed by atoms with van der Waals surface area (Å²) in [6, 6.07) is 0. The summed E-state index contributed by atoms with van der Waals surface area (Å²) < 4.78 is 0. The molecule has 0 rings (SSSR count). The molecule has 0 aromatic heterocycles. The molecule has 0 aromatic carbocycles. The Bertz CT molecular complexity index is 7.51. The Kier molecular flexibility index (Phi) is 74.3. The third kappa shape index (κ3) is 38.8. The van der Waals surface area contributed by atoms with Gasteiger partial charge in [-0.15, -0.1) is 0 Å². The van der Waals surface area contributed by atoms with Crippen molar-refractivity contribution in [3.05, 3.63) is 6.92 Å². The maximum Gasteiger partial charge on any atom is 2.00 e. The molecule has 0 spiro atoms. The van der Waals surface area contributed by atoms with Crippen molar-refractivity contribution in [1.82, 2.24) is 0 Å². The van der Waals surface area contributed by atoms with Gasteiger partial charge in [-0.3, -0.25) is 0 Å². The van der Waals surface area contributed by atoms with Crippen molar-refractivity contribution in [3.63, 3.8) is 0 Å². The molecule has 0 N–H and O–H groups in total. The summed E-state index contributed by atoms with van der Waals surface area (Å²) in [5.41, 5.74) is 0. The molecule has 0 saturated carbocycles. The van der Waals surface area contributed by atoms with E-state index in [0.717, 1.165) is 5.75 Å². The minimum Gasteiger partial charge on any atom is -0.793 e. The van der Waals surface area contributed by atoms with Crippen molar-refractivity contribution >= 4 is 61.5 Å². The average Bonchev–Trinajstić information content (AvgIpc) is 1.46. The Balaban J connectivity index is -0.0000000275. The van der Waals surface area contributed by atoms with Crippen LogP contribution in [0.4, 0.5) is 0 Å². The Morgan fingerprint density at radius 2 is 1.50 bits per heavy atom. The van der Waals surface area contributed by atoms with Crippen molar-refractivity contribution in [2.24, 2.45) is 0 Å². The van der Waals surface area contributed by atoms with Gasteiger partial charge in [-0.25, -0.2) is 0 Å². The van der Waals surface area contributed by atoms with Crippen LogP contribution >= 0.6 is 0 Å². The fourth-order valence-corrected chi connectivity index (χ4v) is 0. The molecule has 0 aliphatic heterocycles. The van der Waals surface area contributed by atoms with Crippen LogP contribution in [0.2, 0.25) is 0 Å². The Labute approximate surface area is 86.6 Å². The van der Waals surface area contributed by atoms with Crippen LogP contribution in [0.3, 0.4) is 0 Å². The molecule has 0 atom stereocenters. The van der Waals surface area contributed by atoms with Gasteiger partial charge in [0.2, 0.25) is 0 Å². The van der Waals surface area contributed by atoms with E-state index in [1.165, 1.54) is 0 Å². The zero-order valence-corrected chi connectivity index (χ0v) is 9.79. The second-order valence-corrected chi connectivity index (χ2v) is 0.866. The zero-order chi connectivity index (χ0) is 4.71. The van der Waals surface area contributed by atoms with Crippen molar-refractivity contribution in [1.29, 1.82) is 0 Å². The monoisotopic (exact) mass is 228 g/mol. The smallest absolute Gasteiger partial charge is 0.793 e. The Hall–Kier alpha value is 1.92. The van der Waals surface area contributed by atoms with E-state index in [2.05, 4.69) is 19.6 Å². The van der Waals surface area contributed by atoms with Gasteiger partial charge in [0.15, 0.2) is 0 Å². The molecule has 0 saturated heterocycles. The van der Waals surface area contributed by atoms with Gasteiger partial charge < -0.3 is 19.6 Å². The van der Waals surface area contributed by atoms with Crippen LogP contribution in [-0.2, 0) is 12.6 Å². The first-order valence-electron chi connectivity index (χ1n) is 1.70. The van der Waals surface area contributed by atoms with E-state index in [1.54, 1.807) is 6.92 Å². The van der Waals surface area contributed by atoms with Crippen LogP contribution in [0.1, 0.15) is 13.8 Å². The summed E-state index contributed by atoms with van der Waals surface area (Å²) in [5.74, 6) is 0.833. The van der Waals surface area contributed by atoms with Crippen LogP contribution < -0.4 is 0 Å². The van der Waals surface area contributed by atoms with Crippen LogP contribution in [0.25, 0.3) is 0 Å². The Morgan fingerprint density at radius 3 is 1.50 bits per heavy atom. The molecule has 0 unspecified atom stereocenters. The first-order chi connectivity index (χ1) is 2.41. The van der Waals surface area contributed by atoms with Gasteiger partial charge in [0.25, 0.3) is 0 Å².